The van der Waals surface area contributed by atoms with E-state index in [2.05, 4.69) is 14.7 Å². The Morgan fingerprint density at radius 3 is 2.84 bits per heavy atom. The number of methoxy groups -OCH3 is 1. The highest BCUT2D eigenvalue weighted by Gasteiger charge is 2.18. The van der Waals surface area contributed by atoms with Crippen LogP contribution in [0.5, 0.6) is 0 Å². The predicted octanol–water partition coefficient (Wildman–Crippen LogP) is 3.03. The molecule has 0 saturated carbocycles. The van der Waals surface area contributed by atoms with Gasteiger partial charge in [-0.2, -0.15) is 0 Å². The molecule has 0 aliphatic carbocycles. The van der Waals surface area contributed by atoms with Crippen molar-refractivity contribution >= 4 is 17.6 Å². The highest BCUT2D eigenvalue weighted by Crippen LogP contribution is 2.26. The average molecular weight is 281 g/mol. The maximum atomic E-state index is 14.3. The van der Waals surface area contributed by atoms with Gasteiger partial charge in [-0.1, -0.05) is 6.07 Å². The first-order chi connectivity index (χ1) is 9.04. The van der Waals surface area contributed by atoms with Crippen molar-refractivity contribution in [3.63, 3.8) is 0 Å². The second-order valence-electron chi connectivity index (χ2n) is 3.83. The van der Waals surface area contributed by atoms with Crippen LogP contribution in [0.4, 0.5) is 4.39 Å². The van der Waals surface area contributed by atoms with Gasteiger partial charge in [-0.3, -0.25) is 0 Å². The van der Waals surface area contributed by atoms with E-state index in [4.69, 9.17) is 11.6 Å². The van der Waals surface area contributed by atoms with Crippen molar-refractivity contribution in [2.45, 2.75) is 6.92 Å². The van der Waals surface area contributed by atoms with Gasteiger partial charge in [0.15, 0.2) is 0 Å². The van der Waals surface area contributed by atoms with E-state index in [1.807, 2.05) is 0 Å². The van der Waals surface area contributed by atoms with Crippen LogP contribution in [-0.4, -0.2) is 23.0 Å². The second-order valence-corrected chi connectivity index (χ2v) is 4.17. The van der Waals surface area contributed by atoms with E-state index in [-0.39, 0.29) is 16.4 Å². The molecule has 1 heterocycles. The third-order valence-corrected chi connectivity index (χ3v) is 2.78. The van der Waals surface area contributed by atoms with Gasteiger partial charge in [0.2, 0.25) is 5.28 Å². The molecule has 0 radical (unpaired) electrons. The number of carbonyl (C=O) groups is 1. The highest BCUT2D eigenvalue weighted by molar-refractivity contribution is 6.28. The first kappa shape index (κ1) is 13.4. The summed E-state index contributed by atoms with van der Waals surface area (Å²) in [5, 5.41) is 0.0171. The molecule has 0 bridgehead atoms. The van der Waals surface area contributed by atoms with Crippen LogP contribution < -0.4 is 0 Å². The van der Waals surface area contributed by atoms with Crippen LogP contribution >= 0.6 is 11.6 Å². The summed E-state index contributed by atoms with van der Waals surface area (Å²) in [6.07, 6.45) is 1.49. The van der Waals surface area contributed by atoms with Crippen LogP contribution in [0.25, 0.3) is 11.3 Å². The summed E-state index contributed by atoms with van der Waals surface area (Å²) in [6, 6.07) is 4.43. The molecule has 1 aromatic carbocycles. The summed E-state index contributed by atoms with van der Waals surface area (Å²) in [4.78, 5) is 19.2. The molecule has 0 aliphatic rings. The largest absolute Gasteiger partial charge is 0.465 e. The third-order valence-electron chi connectivity index (χ3n) is 2.60. The normalized spacial score (nSPS) is 10.3. The van der Waals surface area contributed by atoms with Crippen molar-refractivity contribution in [1.82, 2.24) is 9.97 Å². The maximum Gasteiger partial charge on any atom is 0.340 e. The quantitative estimate of drug-likeness (QED) is 0.627. The van der Waals surface area contributed by atoms with Gasteiger partial charge in [0.25, 0.3) is 0 Å². The maximum absolute atomic E-state index is 14.3. The van der Waals surface area contributed by atoms with Crippen molar-refractivity contribution in [3.05, 3.63) is 46.6 Å². The number of aryl methyl sites for hydroxylation is 1. The van der Waals surface area contributed by atoms with E-state index in [9.17, 15) is 9.18 Å². The van der Waals surface area contributed by atoms with Gasteiger partial charge in [-0.25, -0.2) is 19.2 Å². The Balaban J connectivity index is 2.63. The molecule has 2 aromatic rings. The van der Waals surface area contributed by atoms with Crippen molar-refractivity contribution in [2.75, 3.05) is 7.11 Å². The Bertz CT molecular complexity index is 647. The molecule has 4 nitrogen and oxygen atoms in total. The zero-order valence-electron chi connectivity index (χ0n) is 10.3. The second kappa shape index (κ2) is 5.32. The number of nitrogens with zero attached hydrogens (tertiary/aromatic N) is 2. The van der Waals surface area contributed by atoms with Crippen LogP contribution in [0.15, 0.2) is 24.4 Å². The number of hydrogen-bond acceptors (Lipinski definition) is 4. The molecule has 0 N–H and O–H groups in total. The van der Waals surface area contributed by atoms with Crippen LogP contribution in [-0.2, 0) is 4.74 Å². The first-order valence-electron chi connectivity index (χ1n) is 5.41. The molecular formula is C13H10ClFN2O2. The molecule has 0 fully saturated rings. The van der Waals surface area contributed by atoms with Crippen LogP contribution in [0.1, 0.15) is 15.9 Å². The lowest BCUT2D eigenvalue weighted by molar-refractivity contribution is 0.0595. The number of hydrogen-bond donors (Lipinski definition) is 0. The van der Waals surface area contributed by atoms with Crippen molar-refractivity contribution in [3.8, 4) is 11.3 Å². The molecule has 6 heteroatoms. The lowest BCUT2D eigenvalue weighted by atomic mass is 10.0. The fourth-order valence-corrected chi connectivity index (χ4v) is 1.81. The Hall–Kier alpha value is -2.01. The fourth-order valence-electron chi connectivity index (χ4n) is 1.68. The number of rotatable bonds is 2. The minimum Gasteiger partial charge on any atom is -0.465 e. The van der Waals surface area contributed by atoms with Gasteiger partial charge >= 0.3 is 5.97 Å². The standard InChI is InChI=1S/C13H10ClFN2O2/c1-7-6-16-13(14)17-11(7)8-4-3-5-9(10(8)15)12(18)19-2/h3-6H,1-2H3. The van der Waals surface area contributed by atoms with E-state index < -0.39 is 11.8 Å². The Labute approximate surface area is 114 Å². The molecule has 2 rings (SSSR count). The summed E-state index contributed by atoms with van der Waals surface area (Å²) in [6.45, 7) is 1.73. The lowest BCUT2D eigenvalue weighted by Crippen LogP contribution is -2.06. The molecule has 0 atom stereocenters. The Morgan fingerprint density at radius 2 is 2.16 bits per heavy atom. The third kappa shape index (κ3) is 2.56. The molecule has 0 saturated heterocycles. The summed E-state index contributed by atoms with van der Waals surface area (Å²) >= 11 is 5.71. The zero-order valence-corrected chi connectivity index (χ0v) is 11.0. The van der Waals surface area contributed by atoms with E-state index in [0.717, 1.165) is 0 Å². The minimum atomic E-state index is -0.739. The molecule has 0 unspecified atom stereocenters. The number of benzene rings is 1. The Kier molecular flexibility index (Phi) is 3.76. The lowest BCUT2D eigenvalue weighted by Gasteiger charge is -2.08. The monoisotopic (exact) mass is 280 g/mol. The van der Waals surface area contributed by atoms with E-state index >= 15 is 0 Å². The van der Waals surface area contributed by atoms with Crippen LogP contribution in [0.3, 0.4) is 0 Å². The van der Waals surface area contributed by atoms with Gasteiger partial charge in [0, 0.05) is 11.8 Å². The molecule has 19 heavy (non-hydrogen) atoms. The summed E-state index contributed by atoms with van der Waals surface area (Å²) in [7, 11) is 1.20. The number of halogens is 2. The summed E-state index contributed by atoms with van der Waals surface area (Å²) in [5.41, 5.74) is 1.05. The molecule has 0 aliphatic heterocycles. The van der Waals surface area contributed by atoms with E-state index in [1.54, 1.807) is 13.0 Å². The fraction of sp³-hybridized carbons (Fsp3) is 0.154. The summed E-state index contributed by atoms with van der Waals surface area (Å²) < 4.78 is 18.8. The van der Waals surface area contributed by atoms with Gasteiger partial charge < -0.3 is 4.74 Å². The molecular weight excluding hydrogens is 271 g/mol. The Morgan fingerprint density at radius 1 is 1.42 bits per heavy atom. The SMILES string of the molecule is COC(=O)c1cccc(-c2nc(Cl)ncc2C)c1F. The molecule has 0 spiro atoms. The van der Waals surface area contributed by atoms with Crippen molar-refractivity contribution < 1.29 is 13.9 Å². The minimum absolute atomic E-state index is 0.0171. The predicted molar refractivity (Wildman–Crippen MR) is 68.5 cm³/mol. The topological polar surface area (TPSA) is 52.1 Å². The van der Waals surface area contributed by atoms with Gasteiger partial charge in [0.05, 0.1) is 18.4 Å². The number of aromatic nitrogens is 2. The van der Waals surface area contributed by atoms with Gasteiger partial charge in [-0.05, 0) is 36.2 Å². The molecule has 0 amide bonds. The van der Waals surface area contributed by atoms with Gasteiger partial charge in [-0.15, -0.1) is 0 Å². The van der Waals surface area contributed by atoms with E-state index in [1.165, 1.54) is 25.4 Å². The van der Waals surface area contributed by atoms with Crippen molar-refractivity contribution in [1.29, 1.82) is 0 Å². The highest BCUT2D eigenvalue weighted by atomic mass is 35.5. The van der Waals surface area contributed by atoms with Crippen molar-refractivity contribution in [2.24, 2.45) is 0 Å². The number of esters is 1. The smallest absolute Gasteiger partial charge is 0.340 e. The first-order valence-corrected chi connectivity index (χ1v) is 5.78. The van der Waals surface area contributed by atoms with E-state index in [0.29, 0.717) is 11.3 Å². The van der Waals surface area contributed by atoms with Crippen LogP contribution in [0.2, 0.25) is 5.28 Å². The molecule has 98 valence electrons. The summed E-state index contributed by atoms with van der Waals surface area (Å²) in [5.74, 6) is -1.43. The van der Waals surface area contributed by atoms with Gasteiger partial charge in [0.1, 0.15) is 5.82 Å². The number of carbonyl (C=O) groups excluding carboxylic acids is 1. The number of ether oxygens (including phenoxy) is 1. The molecule has 1 aromatic heterocycles. The van der Waals surface area contributed by atoms with Crippen LogP contribution in [0, 0.1) is 12.7 Å². The zero-order chi connectivity index (χ0) is 14.0. The average Bonchev–Trinajstić information content (AvgIpc) is 2.41.